The quantitative estimate of drug-likeness (QED) is 0.574. The Bertz CT molecular complexity index is 448. The first-order valence-electron chi connectivity index (χ1n) is 4.17. The minimum Gasteiger partial charge on any atom is -0.341 e. The highest BCUT2D eigenvalue weighted by atomic mass is 32.2. The van der Waals surface area contributed by atoms with Crippen molar-refractivity contribution >= 4 is 16.1 Å². The van der Waals surface area contributed by atoms with Gasteiger partial charge in [0.2, 0.25) is 0 Å². The van der Waals surface area contributed by atoms with Gasteiger partial charge in [0.05, 0.1) is 5.56 Å². The maximum Gasteiger partial charge on any atom is 0.353 e. The number of hydrogen-bond acceptors (Lipinski definition) is 4. The molecule has 0 spiro atoms. The second-order valence-corrected chi connectivity index (χ2v) is 4.37. The van der Waals surface area contributed by atoms with E-state index in [1.165, 1.54) is 12.1 Å². The third kappa shape index (κ3) is 3.55. The summed E-state index contributed by atoms with van der Waals surface area (Å²) in [5.41, 5.74) is 0.199. The van der Waals surface area contributed by atoms with Crippen LogP contribution in [0.1, 0.15) is 10.4 Å². The Kier molecular flexibility index (Phi) is 3.62. The van der Waals surface area contributed by atoms with Crippen LogP contribution in [0, 0.1) is 0 Å². The predicted molar refractivity (Wildman–Crippen MR) is 55.8 cm³/mol. The molecule has 0 fully saturated rings. The molecule has 0 aromatic heterocycles. The topological polar surface area (TPSA) is 60.4 Å². The van der Waals surface area contributed by atoms with E-state index in [-0.39, 0.29) is 11.3 Å². The van der Waals surface area contributed by atoms with Crippen molar-refractivity contribution < 1.29 is 17.4 Å². The summed E-state index contributed by atoms with van der Waals surface area (Å²) in [6, 6.07) is 7.92. The average Bonchev–Trinajstić information content (AvgIpc) is 2.18. The monoisotopic (exact) mass is 226 g/mol. The van der Waals surface area contributed by atoms with E-state index in [1.807, 2.05) is 0 Å². The second-order valence-electron chi connectivity index (χ2n) is 2.75. The molecule has 0 radical (unpaired) electrons. The lowest BCUT2D eigenvalue weighted by atomic mass is 10.2. The predicted octanol–water partition coefficient (Wildman–Crippen LogP) is 1.36. The van der Waals surface area contributed by atoms with Crippen molar-refractivity contribution in [2.45, 2.75) is 0 Å². The fourth-order valence-corrected chi connectivity index (χ4v) is 1.60. The first-order chi connectivity index (χ1) is 7.05. The molecule has 1 aromatic carbocycles. The van der Waals surface area contributed by atoms with Crippen LogP contribution in [0.4, 0.5) is 0 Å². The Morgan fingerprint density at radius 3 is 2.47 bits per heavy atom. The maximum absolute atomic E-state index is 11.3. The summed E-state index contributed by atoms with van der Waals surface area (Å²) in [7, 11) is -3.85. The third-order valence-corrected chi connectivity index (χ3v) is 2.58. The van der Waals surface area contributed by atoms with Gasteiger partial charge in [0, 0.05) is 0 Å². The van der Waals surface area contributed by atoms with Crippen LogP contribution in [0.15, 0.2) is 43.0 Å². The van der Waals surface area contributed by atoms with Gasteiger partial charge >= 0.3 is 16.1 Å². The lowest BCUT2D eigenvalue weighted by Crippen LogP contribution is -2.15. The van der Waals surface area contributed by atoms with Crippen LogP contribution in [0.2, 0.25) is 0 Å². The minimum atomic E-state index is -3.85. The van der Waals surface area contributed by atoms with Gasteiger partial charge < -0.3 is 4.18 Å². The average molecular weight is 226 g/mol. The van der Waals surface area contributed by atoms with Gasteiger partial charge in [-0.15, -0.1) is 6.58 Å². The van der Waals surface area contributed by atoms with Gasteiger partial charge in [-0.3, -0.25) is 0 Å². The zero-order chi connectivity index (χ0) is 11.3. The van der Waals surface area contributed by atoms with E-state index in [0.29, 0.717) is 0 Å². The van der Waals surface area contributed by atoms with Crippen molar-refractivity contribution in [1.82, 2.24) is 0 Å². The fourth-order valence-electron chi connectivity index (χ4n) is 0.916. The fraction of sp³-hybridized carbons (Fsp3) is 0.100. The molecule has 1 aromatic rings. The van der Waals surface area contributed by atoms with Gasteiger partial charge in [0.15, 0.2) is 0 Å². The molecule has 0 aliphatic heterocycles. The summed E-state index contributed by atoms with van der Waals surface area (Å²) in [5, 5.41) is 0. The smallest absolute Gasteiger partial charge is 0.341 e. The van der Waals surface area contributed by atoms with Crippen LogP contribution in [0.25, 0.3) is 0 Å². The number of carbonyl (C=O) groups is 1. The standard InChI is InChI=1S/C10H10O4S/c1-2-8-15(12,13)14-10(11)9-6-4-3-5-7-9/h2-7H,1,8H2. The number of hydrogen-bond donors (Lipinski definition) is 0. The van der Waals surface area contributed by atoms with Crippen LogP contribution in [0.5, 0.6) is 0 Å². The van der Waals surface area contributed by atoms with Crippen LogP contribution < -0.4 is 0 Å². The molecule has 0 unspecified atom stereocenters. The second kappa shape index (κ2) is 4.75. The molecule has 15 heavy (non-hydrogen) atoms. The molecule has 0 N–H and O–H groups in total. The van der Waals surface area contributed by atoms with Gasteiger partial charge in [-0.05, 0) is 12.1 Å². The molecule has 0 saturated heterocycles. The van der Waals surface area contributed by atoms with Gasteiger partial charge in [-0.2, -0.15) is 8.42 Å². The summed E-state index contributed by atoms with van der Waals surface area (Å²) >= 11 is 0. The molecule has 4 nitrogen and oxygen atoms in total. The van der Waals surface area contributed by atoms with Gasteiger partial charge in [-0.25, -0.2) is 4.79 Å². The molecule has 0 bridgehead atoms. The zero-order valence-electron chi connectivity index (χ0n) is 7.92. The summed E-state index contributed by atoms with van der Waals surface area (Å²) in [6.07, 6.45) is 1.16. The van der Waals surface area contributed by atoms with Crippen LogP contribution in [-0.4, -0.2) is 20.1 Å². The highest BCUT2D eigenvalue weighted by Gasteiger charge is 2.16. The van der Waals surface area contributed by atoms with Crippen molar-refractivity contribution in [3.63, 3.8) is 0 Å². The molecule has 1 rings (SSSR count). The first kappa shape index (κ1) is 11.5. The Morgan fingerprint density at radius 1 is 1.33 bits per heavy atom. The Labute approximate surface area is 88.3 Å². The van der Waals surface area contributed by atoms with E-state index in [2.05, 4.69) is 10.8 Å². The van der Waals surface area contributed by atoms with Gasteiger partial charge in [0.1, 0.15) is 5.75 Å². The van der Waals surface area contributed by atoms with E-state index >= 15 is 0 Å². The van der Waals surface area contributed by atoms with E-state index < -0.39 is 16.1 Å². The lowest BCUT2D eigenvalue weighted by Gasteiger charge is -2.02. The number of benzene rings is 1. The molecule has 0 aliphatic carbocycles. The Hall–Kier alpha value is -1.62. The molecule has 0 aliphatic rings. The van der Waals surface area contributed by atoms with Gasteiger partial charge in [0.25, 0.3) is 0 Å². The Morgan fingerprint density at radius 2 is 1.93 bits per heavy atom. The van der Waals surface area contributed by atoms with Crippen LogP contribution in [0.3, 0.4) is 0 Å². The van der Waals surface area contributed by atoms with E-state index in [1.54, 1.807) is 18.2 Å². The summed E-state index contributed by atoms with van der Waals surface area (Å²) in [6.45, 7) is 3.26. The molecule has 5 heteroatoms. The minimum absolute atomic E-state index is 0.199. The molecule has 0 amide bonds. The largest absolute Gasteiger partial charge is 0.353 e. The zero-order valence-corrected chi connectivity index (χ0v) is 8.74. The summed E-state index contributed by atoms with van der Waals surface area (Å²) < 4.78 is 26.5. The van der Waals surface area contributed by atoms with Crippen LogP contribution >= 0.6 is 0 Å². The Balaban J connectivity index is 2.77. The van der Waals surface area contributed by atoms with Crippen molar-refractivity contribution in [2.75, 3.05) is 5.75 Å². The number of rotatable bonds is 4. The highest BCUT2D eigenvalue weighted by Crippen LogP contribution is 2.04. The van der Waals surface area contributed by atoms with E-state index in [0.717, 1.165) is 6.08 Å². The normalized spacial score (nSPS) is 10.7. The molecule has 0 atom stereocenters. The van der Waals surface area contributed by atoms with Crippen molar-refractivity contribution in [3.8, 4) is 0 Å². The first-order valence-corrected chi connectivity index (χ1v) is 5.75. The molecule has 80 valence electrons. The third-order valence-electron chi connectivity index (χ3n) is 1.53. The summed E-state index contributed by atoms with van der Waals surface area (Å²) in [5.74, 6) is -1.26. The maximum atomic E-state index is 11.3. The summed E-state index contributed by atoms with van der Waals surface area (Å²) in [4.78, 5) is 11.3. The van der Waals surface area contributed by atoms with E-state index in [4.69, 9.17) is 0 Å². The van der Waals surface area contributed by atoms with Crippen molar-refractivity contribution in [3.05, 3.63) is 48.6 Å². The van der Waals surface area contributed by atoms with Gasteiger partial charge in [-0.1, -0.05) is 24.3 Å². The molecule has 0 heterocycles. The molecular formula is C10H10O4S. The number of carbonyl (C=O) groups excluding carboxylic acids is 1. The van der Waals surface area contributed by atoms with Crippen molar-refractivity contribution in [1.29, 1.82) is 0 Å². The lowest BCUT2D eigenvalue weighted by molar-refractivity contribution is 0.0747. The molecular weight excluding hydrogens is 216 g/mol. The van der Waals surface area contributed by atoms with Crippen molar-refractivity contribution in [2.24, 2.45) is 0 Å². The molecule has 0 saturated carbocycles. The van der Waals surface area contributed by atoms with E-state index in [9.17, 15) is 13.2 Å². The van der Waals surface area contributed by atoms with Crippen LogP contribution in [-0.2, 0) is 14.3 Å². The SMILES string of the molecule is C=CCS(=O)(=O)OC(=O)c1ccccc1. The highest BCUT2D eigenvalue weighted by molar-refractivity contribution is 7.87.